The van der Waals surface area contributed by atoms with Crippen LogP contribution in [0.4, 0.5) is 0 Å². The van der Waals surface area contributed by atoms with Crippen LogP contribution < -0.4 is 4.74 Å². The molecule has 2 rings (SSSR count). The Balaban J connectivity index is 1.80. The second-order valence-corrected chi connectivity index (χ2v) is 3.84. The highest BCUT2D eigenvalue weighted by Crippen LogP contribution is 2.09. The smallest absolute Gasteiger partial charge is 0.119 e. The molecule has 1 atom stereocenters. The number of nitrogens with zero attached hydrogens (tertiary/aromatic N) is 1. The highest BCUT2D eigenvalue weighted by molar-refractivity contribution is 5.21. The van der Waals surface area contributed by atoms with Crippen molar-refractivity contribution in [3.63, 3.8) is 0 Å². The summed E-state index contributed by atoms with van der Waals surface area (Å²) >= 11 is 0. The molecule has 0 aliphatic heterocycles. The number of pyridine rings is 1. The van der Waals surface area contributed by atoms with Gasteiger partial charge in [0.15, 0.2) is 0 Å². The molecule has 1 aromatic heterocycles. The number of para-hydroxylation sites is 1. The van der Waals surface area contributed by atoms with E-state index in [1.54, 1.807) is 12.4 Å². The van der Waals surface area contributed by atoms with Crippen molar-refractivity contribution in [2.45, 2.75) is 12.5 Å². The summed E-state index contributed by atoms with van der Waals surface area (Å²) in [5.41, 5.74) is 1.01. The van der Waals surface area contributed by atoms with Crippen LogP contribution in [0.2, 0.25) is 0 Å². The van der Waals surface area contributed by atoms with Crippen LogP contribution in [0.1, 0.15) is 5.56 Å². The minimum atomic E-state index is -0.514. The van der Waals surface area contributed by atoms with Crippen molar-refractivity contribution in [2.24, 2.45) is 0 Å². The van der Waals surface area contributed by atoms with Crippen molar-refractivity contribution in [1.82, 2.24) is 4.98 Å². The van der Waals surface area contributed by atoms with E-state index in [9.17, 15) is 5.11 Å². The van der Waals surface area contributed by atoms with E-state index < -0.39 is 6.10 Å². The van der Waals surface area contributed by atoms with Crippen molar-refractivity contribution < 1.29 is 9.84 Å². The second kappa shape index (κ2) is 6.01. The molecule has 1 aromatic carbocycles. The molecule has 0 aliphatic carbocycles. The number of rotatable bonds is 5. The Hall–Kier alpha value is -1.87. The van der Waals surface area contributed by atoms with Gasteiger partial charge in [0, 0.05) is 18.8 Å². The molecule has 1 N–H and O–H groups in total. The largest absolute Gasteiger partial charge is 0.491 e. The first-order valence-corrected chi connectivity index (χ1v) is 5.59. The molecule has 88 valence electrons. The molecule has 17 heavy (non-hydrogen) atoms. The lowest BCUT2D eigenvalue weighted by Crippen LogP contribution is -2.20. The third kappa shape index (κ3) is 3.89. The van der Waals surface area contributed by atoms with Gasteiger partial charge in [0.25, 0.3) is 0 Å². The number of aliphatic hydroxyl groups is 1. The summed E-state index contributed by atoms with van der Waals surface area (Å²) in [6.45, 7) is 0.291. The molecule has 0 saturated carbocycles. The zero-order valence-corrected chi connectivity index (χ0v) is 9.49. The fourth-order valence-corrected chi connectivity index (χ4v) is 1.56. The molecule has 0 aliphatic rings. The monoisotopic (exact) mass is 229 g/mol. The number of hydrogen-bond donors (Lipinski definition) is 1. The molecule has 3 nitrogen and oxygen atoms in total. The summed E-state index contributed by atoms with van der Waals surface area (Å²) < 4.78 is 5.47. The molecule has 3 heteroatoms. The minimum absolute atomic E-state index is 0.291. The Kier molecular flexibility index (Phi) is 4.11. The maximum Gasteiger partial charge on any atom is 0.119 e. The SMILES string of the molecule is OC(COc1ccccc1)Cc1cccnc1. The maximum atomic E-state index is 9.81. The quantitative estimate of drug-likeness (QED) is 0.853. The van der Waals surface area contributed by atoms with Gasteiger partial charge < -0.3 is 9.84 Å². The summed E-state index contributed by atoms with van der Waals surface area (Å²) in [6.07, 6.45) is 3.52. The van der Waals surface area contributed by atoms with Gasteiger partial charge in [-0.15, -0.1) is 0 Å². The topological polar surface area (TPSA) is 42.4 Å². The first-order chi connectivity index (χ1) is 8.34. The van der Waals surface area contributed by atoms with E-state index >= 15 is 0 Å². The molecular formula is C14H15NO2. The van der Waals surface area contributed by atoms with Crippen molar-refractivity contribution in [3.05, 3.63) is 60.4 Å². The lowest BCUT2D eigenvalue weighted by atomic mass is 10.1. The first kappa shape index (κ1) is 11.6. The molecule has 0 spiro atoms. The Labute approximate surface area is 101 Å². The summed E-state index contributed by atoms with van der Waals surface area (Å²) in [5, 5.41) is 9.81. The summed E-state index contributed by atoms with van der Waals surface area (Å²) in [5.74, 6) is 0.776. The van der Waals surface area contributed by atoms with Crippen LogP contribution in [-0.4, -0.2) is 22.8 Å². The fraction of sp³-hybridized carbons (Fsp3) is 0.214. The molecule has 0 amide bonds. The van der Waals surface area contributed by atoms with Crippen LogP contribution in [0, 0.1) is 0 Å². The lowest BCUT2D eigenvalue weighted by molar-refractivity contribution is 0.107. The number of aromatic nitrogens is 1. The van der Waals surface area contributed by atoms with Crippen LogP contribution in [0.3, 0.4) is 0 Å². The highest BCUT2D eigenvalue weighted by atomic mass is 16.5. The normalized spacial score (nSPS) is 12.1. The third-order valence-corrected chi connectivity index (χ3v) is 2.38. The Morgan fingerprint density at radius 2 is 1.94 bits per heavy atom. The Morgan fingerprint density at radius 1 is 1.12 bits per heavy atom. The summed E-state index contributed by atoms with van der Waals surface area (Å²) in [6, 6.07) is 13.3. The Morgan fingerprint density at radius 3 is 2.65 bits per heavy atom. The molecule has 0 saturated heterocycles. The maximum absolute atomic E-state index is 9.81. The average Bonchev–Trinajstić information content (AvgIpc) is 2.39. The van der Waals surface area contributed by atoms with E-state index in [-0.39, 0.29) is 0 Å². The van der Waals surface area contributed by atoms with Gasteiger partial charge in [-0.05, 0) is 23.8 Å². The minimum Gasteiger partial charge on any atom is -0.491 e. The van der Waals surface area contributed by atoms with Crippen LogP contribution >= 0.6 is 0 Å². The predicted octanol–water partition coefficient (Wildman–Crippen LogP) is 2.06. The van der Waals surface area contributed by atoms with Crippen molar-refractivity contribution in [1.29, 1.82) is 0 Å². The van der Waals surface area contributed by atoms with Gasteiger partial charge in [0.2, 0.25) is 0 Å². The van der Waals surface area contributed by atoms with Crippen molar-refractivity contribution in [2.75, 3.05) is 6.61 Å². The predicted molar refractivity (Wildman–Crippen MR) is 65.9 cm³/mol. The van der Waals surface area contributed by atoms with Crippen LogP contribution in [0.5, 0.6) is 5.75 Å². The zero-order valence-electron chi connectivity index (χ0n) is 9.49. The highest BCUT2D eigenvalue weighted by Gasteiger charge is 2.06. The first-order valence-electron chi connectivity index (χ1n) is 5.59. The third-order valence-electron chi connectivity index (χ3n) is 2.38. The standard InChI is InChI=1S/C14H15NO2/c16-13(9-12-5-4-8-15-10-12)11-17-14-6-2-1-3-7-14/h1-8,10,13,16H,9,11H2. The molecule has 0 fully saturated rings. The van der Waals surface area contributed by atoms with E-state index in [1.807, 2.05) is 42.5 Å². The van der Waals surface area contributed by atoms with Crippen LogP contribution in [0.15, 0.2) is 54.9 Å². The molecule has 2 aromatic rings. The van der Waals surface area contributed by atoms with E-state index in [0.717, 1.165) is 11.3 Å². The van der Waals surface area contributed by atoms with Gasteiger partial charge in [-0.25, -0.2) is 0 Å². The van der Waals surface area contributed by atoms with Gasteiger partial charge in [0.05, 0.1) is 6.10 Å². The number of aliphatic hydroxyl groups excluding tert-OH is 1. The molecule has 0 bridgehead atoms. The number of hydrogen-bond acceptors (Lipinski definition) is 3. The zero-order chi connectivity index (χ0) is 11.9. The van der Waals surface area contributed by atoms with Crippen LogP contribution in [0.25, 0.3) is 0 Å². The van der Waals surface area contributed by atoms with E-state index in [1.165, 1.54) is 0 Å². The average molecular weight is 229 g/mol. The van der Waals surface area contributed by atoms with Gasteiger partial charge in [-0.1, -0.05) is 24.3 Å². The van der Waals surface area contributed by atoms with Gasteiger partial charge in [-0.3, -0.25) is 4.98 Å². The number of benzene rings is 1. The molecule has 0 radical (unpaired) electrons. The summed E-state index contributed by atoms with van der Waals surface area (Å²) in [7, 11) is 0. The Bertz CT molecular complexity index is 430. The van der Waals surface area contributed by atoms with E-state index in [0.29, 0.717) is 13.0 Å². The van der Waals surface area contributed by atoms with Crippen LogP contribution in [-0.2, 0) is 6.42 Å². The fourth-order valence-electron chi connectivity index (χ4n) is 1.56. The van der Waals surface area contributed by atoms with E-state index in [4.69, 9.17) is 4.74 Å². The van der Waals surface area contributed by atoms with Crippen molar-refractivity contribution >= 4 is 0 Å². The molecule has 1 unspecified atom stereocenters. The lowest BCUT2D eigenvalue weighted by Gasteiger charge is -2.12. The van der Waals surface area contributed by atoms with Gasteiger partial charge in [0.1, 0.15) is 12.4 Å². The second-order valence-electron chi connectivity index (χ2n) is 3.84. The van der Waals surface area contributed by atoms with E-state index in [2.05, 4.69) is 4.98 Å². The van der Waals surface area contributed by atoms with Gasteiger partial charge in [-0.2, -0.15) is 0 Å². The van der Waals surface area contributed by atoms with Crippen molar-refractivity contribution in [3.8, 4) is 5.75 Å². The summed E-state index contributed by atoms with van der Waals surface area (Å²) in [4.78, 5) is 4.00. The molecule has 1 heterocycles. The number of ether oxygens (including phenoxy) is 1. The molecular weight excluding hydrogens is 214 g/mol. The van der Waals surface area contributed by atoms with Gasteiger partial charge >= 0.3 is 0 Å².